The van der Waals surface area contributed by atoms with Gasteiger partial charge in [0.05, 0.1) is 17.7 Å². The zero-order chi connectivity index (χ0) is 29.1. The van der Waals surface area contributed by atoms with E-state index >= 15 is 0 Å². The summed E-state index contributed by atoms with van der Waals surface area (Å²) in [6.45, 7) is 3.84. The smallest absolute Gasteiger partial charge is 0.264 e. The summed E-state index contributed by atoms with van der Waals surface area (Å²) in [6.07, 6.45) is 1.56. The van der Waals surface area contributed by atoms with E-state index in [1.54, 1.807) is 0 Å². The lowest BCUT2D eigenvalue weighted by atomic mass is 10.1. The van der Waals surface area contributed by atoms with Crippen LogP contribution < -0.4 is 14.4 Å². The molecular weight excluding hydrogens is 533 g/mol. The Bertz CT molecular complexity index is 1350. The summed E-state index contributed by atoms with van der Waals surface area (Å²) in [5, 5.41) is 2.86. The first-order valence-electron chi connectivity index (χ1n) is 13.2. The molecule has 1 N–H and O–H groups in total. The number of nitrogens with one attached hydrogen (secondary N) is 1. The summed E-state index contributed by atoms with van der Waals surface area (Å²) in [5.41, 5.74) is 1.10. The first-order valence-corrected chi connectivity index (χ1v) is 14.7. The molecule has 8 nitrogen and oxygen atoms in total. The molecule has 0 fully saturated rings. The molecule has 3 aromatic rings. The van der Waals surface area contributed by atoms with E-state index in [2.05, 4.69) is 5.32 Å². The fourth-order valence-electron chi connectivity index (χ4n) is 4.27. The number of benzene rings is 3. The van der Waals surface area contributed by atoms with Crippen molar-refractivity contribution in [2.24, 2.45) is 0 Å². The van der Waals surface area contributed by atoms with Gasteiger partial charge < -0.3 is 15.0 Å². The molecule has 0 aromatic heterocycles. The van der Waals surface area contributed by atoms with Gasteiger partial charge in [0.25, 0.3) is 10.0 Å². The Morgan fingerprint density at radius 3 is 2.17 bits per heavy atom. The highest BCUT2D eigenvalue weighted by Gasteiger charge is 2.33. The number of halogens is 1. The molecule has 0 aliphatic heterocycles. The second-order valence-electron chi connectivity index (χ2n) is 9.20. The SMILES string of the molecule is CCCNC(=O)C(CC)N(CCc1ccccc1)C(=O)CN(c1ccc(F)cc1)S(=O)(=O)c1ccc(OC)cc1. The van der Waals surface area contributed by atoms with Crippen LogP contribution in [0.3, 0.4) is 0 Å². The quantitative estimate of drug-likeness (QED) is 0.310. The van der Waals surface area contributed by atoms with Crippen LogP contribution in [0.4, 0.5) is 10.1 Å². The topological polar surface area (TPSA) is 96.0 Å². The summed E-state index contributed by atoms with van der Waals surface area (Å²) >= 11 is 0. The number of amides is 2. The minimum absolute atomic E-state index is 0.0611. The van der Waals surface area contributed by atoms with E-state index in [-0.39, 0.29) is 23.0 Å². The molecule has 0 saturated carbocycles. The molecule has 0 spiro atoms. The van der Waals surface area contributed by atoms with E-state index < -0.39 is 34.3 Å². The van der Waals surface area contributed by atoms with Crippen molar-refractivity contribution in [3.05, 3.63) is 90.2 Å². The van der Waals surface area contributed by atoms with Crippen molar-refractivity contribution < 1.29 is 27.1 Å². The molecular formula is C30H36FN3O5S. The molecule has 3 rings (SSSR count). The summed E-state index contributed by atoms with van der Waals surface area (Å²) in [6, 6.07) is 19.4. The van der Waals surface area contributed by atoms with E-state index in [4.69, 9.17) is 4.74 Å². The summed E-state index contributed by atoms with van der Waals surface area (Å²) in [5.74, 6) is -0.910. The zero-order valence-electron chi connectivity index (χ0n) is 23.0. The fourth-order valence-corrected chi connectivity index (χ4v) is 5.69. The van der Waals surface area contributed by atoms with Gasteiger partial charge in [-0.3, -0.25) is 13.9 Å². The zero-order valence-corrected chi connectivity index (χ0v) is 23.9. The highest BCUT2D eigenvalue weighted by atomic mass is 32.2. The third-order valence-electron chi connectivity index (χ3n) is 6.46. The number of nitrogens with zero attached hydrogens (tertiary/aromatic N) is 2. The van der Waals surface area contributed by atoms with Crippen LogP contribution >= 0.6 is 0 Å². The van der Waals surface area contributed by atoms with Crippen LogP contribution in [0.2, 0.25) is 0 Å². The first-order chi connectivity index (χ1) is 19.2. The van der Waals surface area contributed by atoms with Crippen molar-refractivity contribution in [3.63, 3.8) is 0 Å². The number of sulfonamides is 1. The van der Waals surface area contributed by atoms with Crippen molar-refractivity contribution in [2.45, 2.75) is 44.0 Å². The van der Waals surface area contributed by atoms with Crippen molar-refractivity contribution in [1.29, 1.82) is 0 Å². The van der Waals surface area contributed by atoms with Gasteiger partial charge in [0.15, 0.2) is 0 Å². The number of carbonyl (C=O) groups is 2. The Morgan fingerprint density at radius 1 is 0.950 bits per heavy atom. The van der Waals surface area contributed by atoms with Crippen LogP contribution in [-0.4, -0.2) is 57.9 Å². The molecule has 0 saturated heterocycles. The summed E-state index contributed by atoms with van der Waals surface area (Å²) in [4.78, 5) is 28.4. The Labute approximate surface area is 235 Å². The molecule has 0 heterocycles. The summed E-state index contributed by atoms with van der Waals surface area (Å²) < 4.78 is 47.5. The Hall–Kier alpha value is -3.92. The second-order valence-corrected chi connectivity index (χ2v) is 11.1. The number of ether oxygens (including phenoxy) is 1. The molecule has 1 atom stereocenters. The summed E-state index contributed by atoms with van der Waals surface area (Å²) in [7, 11) is -2.78. The van der Waals surface area contributed by atoms with Gasteiger partial charge in [-0.05, 0) is 73.4 Å². The van der Waals surface area contributed by atoms with Gasteiger partial charge in [-0.1, -0.05) is 44.2 Å². The molecule has 2 amide bonds. The standard InChI is InChI=1S/C30H36FN3O5S/c1-4-20-32-30(36)28(5-2)33(21-19-23-9-7-6-8-10-23)29(35)22-34(25-13-11-24(31)12-14-25)40(37,38)27-17-15-26(39-3)16-18-27/h6-18,28H,4-5,19-22H2,1-3H3,(H,32,36). The van der Waals surface area contributed by atoms with Crippen LogP contribution in [0.15, 0.2) is 83.8 Å². The number of hydrogen-bond donors (Lipinski definition) is 1. The van der Waals surface area contributed by atoms with Gasteiger partial charge in [0, 0.05) is 13.1 Å². The predicted molar refractivity (Wildman–Crippen MR) is 153 cm³/mol. The fraction of sp³-hybridized carbons (Fsp3) is 0.333. The predicted octanol–water partition coefficient (Wildman–Crippen LogP) is 4.41. The first kappa shape index (κ1) is 30.6. The number of anilines is 1. The van der Waals surface area contributed by atoms with Gasteiger partial charge in [0.1, 0.15) is 24.2 Å². The minimum atomic E-state index is -4.25. The van der Waals surface area contributed by atoms with Crippen molar-refractivity contribution >= 4 is 27.5 Å². The second kappa shape index (κ2) is 14.5. The third-order valence-corrected chi connectivity index (χ3v) is 8.25. The van der Waals surface area contributed by atoms with Gasteiger partial charge in [-0.25, -0.2) is 12.8 Å². The van der Waals surface area contributed by atoms with E-state index in [0.29, 0.717) is 25.1 Å². The minimum Gasteiger partial charge on any atom is -0.497 e. The third kappa shape index (κ3) is 7.81. The maximum absolute atomic E-state index is 13.9. The average Bonchev–Trinajstić information content (AvgIpc) is 2.97. The van der Waals surface area contributed by atoms with Crippen molar-refractivity contribution in [1.82, 2.24) is 10.2 Å². The number of rotatable bonds is 14. The van der Waals surface area contributed by atoms with Crippen LogP contribution in [0.25, 0.3) is 0 Å². The van der Waals surface area contributed by atoms with Gasteiger partial charge in [0.2, 0.25) is 11.8 Å². The molecule has 10 heteroatoms. The maximum atomic E-state index is 13.9. The monoisotopic (exact) mass is 569 g/mol. The van der Waals surface area contributed by atoms with E-state index in [0.717, 1.165) is 28.4 Å². The Balaban J connectivity index is 1.99. The Kier molecular flexibility index (Phi) is 11.1. The highest BCUT2D eigenvalue weighted by molar-refractivity contribution is 7.92. The van der Waals surface area contributed by atoms with Crippen molar-refractivity contribution in [3.8, 4) is 5.75 Å². The van der Waals surface area contributed by atoms with E-state index in [1.165, 1.54) is 48.4 Å². The molecule has 0 aliphatic carbocycles. The molecule has 1 unspecified atom stereocenters. The molecule has 0 bridgehead atoms. The number of hydrogen-bond acceptors (Lipinski definition) is 5. The van der Waals surface area contributed by atoms with Crippen LogP contribution in [0.5, 0.6) is 5.75 Å². The van der Waals surface area contributed by atoms with Gasteiger partial charge in [-0.15, -0.1) is 0 Å². The molecule has 40 heavy (non-hydrogen) atoms. The molecule has 214 valence electrons. The van der Waals surface area contributed by atoms with Crippen molar-refractivity contribution in [2.75, 3.05) is 31.0 Å². The lowest BCUT2D eigenvalue weighted by Crippen LogP contribution is -2.53. The number of carbonyl (C=O) groups excluding carboxylic acids is 2. The van der Waals surface area contributed by atoms with E-state index in [9.17, 15) is 22.4 Å². The highest BCUT2D eigenvalue weighted by Crippen LogP contribution is 2.26. The molecule has 0 aliphatic rings. The molecule has 0 radical (unpaired) electrons. The average molecular weight is 570 g/mol. The largest absolute Gasteiger partial charge is 0.497 e. The van der Waals surface area contributed by atoms with Crippen LogP contribution in [0, 0.1) is 5.82 Å². The van der Waals surface area contributed by atoms with Crippen LogP contribution in [-0.2, 0) is 26.0 Å². The number of methoxy groups -OCH3 is 1. The van der Waals surface area contributed by atoms with E-state index in [1.807, 2.05) is 44.2 Å². The van der Waals surface area contributed by atoms with Gasteiger partial charge in [-0.2, -0.15) is 0 Å². The Morgan fingerprint density at radius 2 is 1.60 bits per heavy atom. The lowest BCUT2D eigenvalue weighted by molar-refractivity contribution is -0.139. The lowest BCUT2D eigenvalue weighted by Gasteiger charge is -2.33. The van der Waals surface area contributed by atoms with Crippen LogP contribution in [0.1, 0.15) is 32.3 Å². The van der Waals surface area contributed by atoms with Gasteiger partial charge >= 0.3 is 0 Å². The maximum Gasteiger partial charge on any atom is 0.264 e. The molecule has 3 aromatic carbocycles. The normalized spacial score (nSPS) is 11.9.